The average Bonchev–Trinajstić information content (AvgIpc) is 3.90. The van der Waals surface area contributed by atoms with E-state index in [2.05, 4.69) is 181 Å². The molecule has 0 aliphatic carbocycles. The van der Waals surface area contributed by atoms with Crippen molar-refractivity contribution in [3.05, 3.63) is 176 Å². The Hall–Kier alpha value is -6.20. The summed E-state index contributed by atoms with van der Waals surface area (Å²) >= 11 is 3.74. The Morgan fingerprint density at radius 3 is 1.81 bits per heavy atom. The molecule has 244 valence electrons. The van der Waals surface area contributed by atoms with E-state index in [0.29, 0.717) is 0 Å². The lowest BCUT2D eigenvalue weighted by atomic mass is 9.99. The molecule has 3 aromatic heterocycles. The van der Waals surface area contributed by atoms with Crippen molar-refractivity contribution in [3.63, 3.8) is 0 Å². The first-order valence-electron chi connectivity index (χ1n) is 17.5. The van der Waals surface area contributed by atoms with Gasteiger partial charge in [-0.25, -0.2) is 0 Å². The van der Waals surface area contributed by atoms with Gasteiger partial charge in [-0.15, -0.1) is 22.7 Å². The second-order valence-corrected chi connectivity index (χ2v) is 15.4. The summed E-state index contributed by atoms with van der Waals surface area (Å²) in [6, 6.07) is 63.6. The lowest BCUT2D eigenvalue weighted by Crippen LogP contribution is -2.11. The van der Waals surface area contributed by atoms with E-state index >= 15 is 0 Å². The molecule has 0 N–H and O–H groups in total. The number of thiophene rings is 2. The largest absolute Gasteiger partial charge is 0.455 e. The highest BCUT2D eigenvalue weighted by atomic mass is 32.1. The van der Waals surface area contributed by atoms with E-state index in [-0.39, 0.29) is 0 Å². The molecular weight excluding hydrogens is 671 g/mol. The summed E-state index contributed by atoms with van der Waals surface area (Å²) < 4.78 is 11.8. The normalized spacial score (nSPS) is 11.8. The van der Waals surface area contributed by atoms with Gasteiger partial charge in [0.25, 0.3) is 0 Å². The van der Waals surface area contributed by atoms with Crippen LogP contribution in [0.25, 0.3) is 84.5 Å². The van der Waals surface area contributed by atoms with Crippen LogP contribution in [0.5, 0.6) is 0 Å². The maximum Gasteiger partial charge on any atom is 0.143 e. The number of furan rings is 1. The summed E-state index contributed by atoms with van der Waals surface area (Å²) in [5.41, 5.74) is 9.94. The van der Waals surface area contributed by atoms with E-state index in [1.165, 1.54) is 51.5 Å². The van der Waals surface area contributed by atoms with E-state index in [9.17, 15) is 0 Å². The second kappa shape index (κ2) is 11.7. The van der Waals surface area contributed by atoms with Gasteiger partial charge in [0.15, 0.2) is 0 Å². The monoisotopic (exact) mass is 699 g/mol. The van der Waals surface area contributed by atoms with Crippen LogP contribution in [0.1, 0.15) is 0 Å². The van der Waals surface area contributed by atoms with E-state index in [0.717, 1.165) is 50.1 Å². The molecule has 2 nitrogen and oxygen atoms in total. The van der Waals surface area contributed by atoms with Crippen molar-refractivity contribution in [1.29, 1.82) is 0 Å². The van der Waals surface area contributed by atoms with E-state index in [4.69, 9.17) is 4.42 Å². The highest BCUT2D eigenvalue weighted by molar-refractivity contribution is 7.26. The molecule has 8 aromatic carbocycles. The Bertz CT molecular complexity index is 3130. The van der Waals surface area contributed by atoms with Crippen molar-refractivity contribution in [1.82, 2.24) is 0 Å². The fraction of sp³-hybridized carbons (Fsp3) is 0. The zero-order valence-corrected chi connectivity index (χ0v) is 29.5. The van der Waals surface area contributed by atoms with Gasteiger partial charge in [-0.2, -0.15) is 0 Å². The fourth-order valence-electron chi connectivity index (χ4n) is 7.96. The Kier molecular flexibility index (Phi) is 6.63. The molecule has 0 aliphatic heterocycles. The van der Waals surface area contributed by atoms with Crippen molar-refractivity contribution in [2.75, 3.05) is 4.90 Å². The number of fused-ring (bicyclic) bond motifs is 9. The highest BCUT2D eigenvalue weighted by Gasteiger charge is 2.24. The summed E-state index contributed by atoms with van der Waals surface area (Å²) in [6.07, 6.45) is 0. The van der Waals surface area contributed by atoms with Crippen LogP contribution in [-0.2, 0) is 0 Å². The van der Waals surface area contributed by atoms with Crippen LogP contribution < -0.4 is 4.90 Å². The average molecular weight is 700 g/mol. The van der Waals surface area contributed by atoms with Gasteiger partial charge in [-0.05, 0) is 65.2 Å². The van der Waals surface area contributed by atoms with Gasteiger partial charge in [0.1, 0.15) is 11.2 Å². The predicted molar refractivity (Wildman–Crippen MR) is 225 cm³/mol. The molecule has 0 atom stereocenters. The maximum absolute atomic E-state index is 6.66. The number of nitrogens with zero attached hydrogens (tertiary/aromatic N) is 1. The SMILES string of the molecule is c1ccc(-c2cccc3c2oc2ccc(N(c4cccc5sc6ccccc6c45)c4ccc(-c5ccccc5)c5sc6ccccc6c45)cc23)cc1. The molecule has 0 radical (unpaired) electrons. The van der Waals surface area contributed by atoms with E-state index in [1.807, 2.05) is 22.7 Å². The minimum atomic E-state index is 0.881. The van der Waals surface area contributed by atoms with Crippen molar-refractivity contribution >= 4 is 102 Å². The molecule has 4 heteroatoms. The maximum atomic E-state index is 6.66. The summed E-state index contributed by atoms with van der Waals surface area (Å²) in [4.78, 5) is 2.50. The van der Waals surface area contributed by atoms with Crippen LogP contribution in [-0.4, -0.2) is 0 Å². The van der Waals surface area contributed by atoms with Crippen molar-refractivity contribution in [3.8, 4) is 22.3 Å². The molecule has 0 amide bonds. The number of rotatable bonds is 5. The van der Waals surface area contributed by atoms with Gasteiger partial charge in [0.2, 0.25) is 0 Å². The molecule has 0 spiro atoms. The first-order valence-corrected chi connectivity index (χ1v) is 19.1. The highest BCUT2D eigenvalue weighted by Crippen LogP contribution is 2.51. The van der Waals surface area contributed by atoms with Crippen LogP contribution in [0.15, 0.2) is 180 Å². The van der Waals surface area contributed by atoms with Crippen molar-refractivity contribution < 1.29 is 4.42 Å². The summed E-state index contributed by atoms with van der Waals surface area (Å²) in [5, 5.41) is 7.30. The lowest BCUT2D eigenvalue weighted by Gasteiger charge is -2.28. The zero-order chi connectivity index (χ0) is 34.2. The quantitative estimate of drug-likeness (QED) is 0.178. The van der Waals surface area contributed by atoms with Gasteiger partial charge in [0.05, 0.1) is 11.4 Å². The third kappa shape index (κ3) is 4.48. The molecule has 11 rings (SSSR count). The Morgan fingerprint density at radius 2 is 1.02 bits per heavy atom. The smallest absolute Gasteiger partial charge is 0.143 e. The Balaban J connectivity index is 1.24. The Morgan fingerprint density at radius 1 is 0.404 bits per heavy atom. The first-order chi connectivity index (χ1) is 25.8. The molecule has 0 saturated heterocycles. The van der Waals surface area contributed by atoms with Crippen LogP contribution in [0, 0.1) is 0 Å². The molecule has 0 fully saturated rings. The lowest BCUT2D eigenvalue weighted by molar-refractivity contribution is 0.670. The molecule has 11 aromatic rings. The predicted octanol–water partition coefficient (Wildman–Crippen LogP) is 15.1. The first kappa shape index (κ1) is 29.5. The van der Waals surface area contributed by atoms with Crippen molar-refractivity contribution in [2.45, 2.75) is 0 Å². The van der Waals surface area contributed by atoms with Crippen LogP contribution >= 0.6 is 22.7 Å². The van der Waals surface area contributed by atoms with Crippen LogP contribution in [0.4, 0.5) is 17.1 Å². The molecule has 0 aliphatic rings. The number of hydrogen-bond donors (Lipinski definition) is 0. The molecular formula is C48H29NOS2. The minimum Gasteiger partial charge on any atom is -0.455 e. The number of anilines is 3. The summed E-state index contributed by atoms with van der Waals surface area (Å²) in [5.74, 6) is 0. The summed E-state index contributed by atoms with van der Waals surface area (Å²) in [7, 11) is 0. The van der Waals surface area contributed by atoms with E-state index in [1.54, 1.807) is 0 Å². The Labute approximate surface area is 308 Å². The van der Waals surface area contributed by atoms with Gasteiger partial charge in [-0.1, -0.05) is 127 Å². The van der Waals surface area contributed by atoms with Crippen LogP contribution in [0.3, 0.4) is 0 Å². The summed E-state index contributed by atoms with van der Waals surface area (Å²) in [6.45, 7) is 0. The van der Waals surface area contributed by atoms with Gasteiger partial charge < -0.3 is 9.32 Å². The van der Waals surface area contributed by atoms with Crippen molar-refractivity contribution in [2.24, 2.45) is 0 Å². The molecule has 3 heterocycles. The fourth-order valence-corrected chi connectivity index (χ4v) is 10.3. The number of benzene rings is 8. The third-order valence-electron chi connectivity index (χ3n) is 10.3. The second-order valence-electron chi connectivity index (χ2n) is 13.2. The van der Waals surface area contributed by atoms with Gasteiger partial charge in [0, 0.05) is 62.4 Å². The molecule has 0 unspecified atom stereocenters. The van der Waals surface area contributed by atoms with Crippen LogP contribution in [0.2, 0.25) is 0 Å². The molecule has 0 bridgehead atoms. The number of para-hydroxylation sites is 1. The van der Waals surface area contributed by atoms with Gasteiger partial charge >= 0.3 is 0 Å². The topological polar surface area (TPSA) is 16.4 Å². The van der Waals surface area contributed by atoms with E-state index < -0.39 is 0 Å². The van der Waals surface area contributed by atoms with Gasteiger partial charge in [-0.3, -0.25) is 0 Å². The molecule has 52 heavy (non-hydrogen) atoms. The number of hydrogen-bond acceptors (Lipinski definition) is 4. The zero-order valence-electron chi connectivity index (χ0n) is 27.9. The minimum absolute atomic E-state index is 0.881. The standard InChI is InChI=1S/C48H29NOS2/c1-3-13-30(14-4-1)33-19-11-20-35-38-29-32(25-28-41(38)50-47(33)35)49(39-21-12-24-44-45(39)36-17-7-9-22-42(36)51-44)40-27-26-34(31-15-5-2-6-16-31)48-46(40)37-18-8-10-23-43(37)52-48/h1-29H. The third-order valence-corrected chi connectivity index (χ3v) is 12.6. The molecule has 0 saturated carbocycles.